The Balaban J connectivity index is 1.85. The summed E-state index contributed by atoms with van der Waals surface area (Å²) in [4.78, 5) is 24.0. The van der Waals surface area contributed by atoms with Crippen LogP contribution in [0.3, 0.4) is 0 Å². The number of fused-ring (bicyclic) bond motifs is 1. The quantitative estimate of drug-likeness (QED) is 0.505. The molecule has 2 aromatic carbocycles. The van der Waals surface area contributed by atoms with E-state index in [9.17, 15) is 9.90 Å². The normalized spacial score (nSPS) is 11.2. The van der Waals surface area contributed by atoms with Gasteiger partial charge in [-0.2, -0.15) is 0 Å². The number of carbonyl (C=O) groups excluding carboxylic acids is 1. The summed E-state index contributed by atoms with van der Waals surface area (Å²) in [6.07, 6.45) is 0. The minimum atomic E-state index is -0.243. The number of imidazole rings is 1. The van der Waals surface area contributed by atoms with E-state index in [1.54, 1.807) is 23.7 Å². The van der Waals surface area contributed by atoms with Crippen LogP contribution >= 0.6 is 0 Å². The Hall–Kier alpha value is -3.71. The molecule has 0 unspecified atom stereocenters. The summed E-state index contributed by atoms with van der Waals surface area (Å²) in [5.74, 6) is 0.229. The highest BCUT2D eigenvalue weighted by Gasteiger charge is 2.20. The molecule has 4 aromatic rings. The van der Waals surface area contributed by atoms with Crippen molar-refractivity contribution < 1.29 is 9.90 Å². The number of benzene rings is 2. The zero-order chi connectivity index (χ0) is 22.0. The van der Waals surface area contributed by atoms with Crippen LogP contribution < -0.4 is 5.32 Å². The standard InChI is InChI=1S/C24H25N5O2/c1-28(2)14-13-25-24(31)23-27-22-19(29(23)3)15-18(17-11-7-8-12-20(17)30)21(26-22)16-9-5-4-6-10-16/h4-12,15,30H,13-14H2,1-3H3,(H,25,31). The lowest BCUT2D eigenvalue weighted by Crippen LogP contribution is -2.32. The molecule has 0 aliphatic carbocycles. The third kappa shape index (κ3) is 4.13. The first-order chi connectivity index (χ1) is 15.0. The number of carbonyl (C=O) groups is 1. The topological polar surface area (TPSA) is 83.3 Å². The van der Waals surface area contributed by atoms with Crippen LogP contribution in [0.1, 0.15) is 10.6 Å². The van der Waals surface area contributed by atoms with E-state index in [0.717, 1.165) is 23.2 Å². The van der Waals surface area contributed by atoms with E-state index in [4.69, 9.17) is 4.98 Å². The van der Waals surface area contributed by atoms with Crippen LogP contribution in [-0.4, -0.2) is 57.6 Å². The van der Waals surface area contributed by atoms with Crippen LogP contribution in [0.15, 0.2) is 60.7 Å². The summed E-state index contributed by atoms with van der Waals surface area (Å²) in [6, 6.07) is 18.9. The maximum absolute atomic E-state index is 12.7. The van der Waals surface area contributed by atoms with Crippen LogP contribution in [0, 0.1) is 0 Å². The first kappa shape index (κ1) is 20.6. The first-order valence-electron chi connectivity index (χ1n) is 10.1. The van der Waals surface area contributed by atoms with E-state index in [0.29, 0.717) is 29.3 Å². The predicted octanol–water partition coefficient (Wildman–Crippen LogP) is 3.30. The highest BCUT2D eigenvalue weighted by molar-refractivity contribution is 5.96. The number of hydrogen-bond acceptors (Lipinski definition) is 5. The van der Waals surface area contributed by atoms with Crippen molar-refractivity contribution in [2.24, 2.45) is 7.05 Å². The molecule has 4 rings (SSSR count). The second-order valence-corrected chi connectivity index (χ2v) is 7.66. The number of aromatic nitrogens is 3. The lowest BCUT2D eigenvalue weighted by atomic mass is 9.98. The zero-order valence-corrected chi connectivity index (χ0v) is 17.8. The van der Waals surface area contributed by atoms with Gasteiger partial charge in [0.15, 0.2) is 5.65 Å². The van der Waals surface area contributed by atoms with Crippen molar-refractivity contribution in [2.75, 3.05) is 27.2 Å². The molecule has 0 saturated heterocycles. The van der Waals surface area contributed by atoms with Gasteiger partial charge in [0, 0.05) is 36.8 Å². The fourth-order valence-corrected chi connectivity index (χ4v) is 3.51. The van der Waals surface area contributed by atoms with Crippen molar-refractivity contribution >= 4 is 17.1 Å². The number of para-hydroxylation sites is 1. The molecule has 7 heteroatoms. The van der Waals surface area contributed by atoms with Crippen LogP contribution in [0.5, 0.6) is 5.75 Å². The molecule has 31 heavy (non-hydrogen) atoms. The summed E-state index contributed by atoms with van der Waals surface area (Å²) in [7, 11) is 5.71. The Labute approximate surface area is 181 Å². The number of likely N-dealkylation sites (N-methyl/N-ethyl adjacent to an activating group) is 1. The van der Waals surface area contributed by atoms with Gasteiger partial charge in [0.1, 0.15) is 5.75 Å². The average molecular weight is 415 g/mol. The minimum Gasteiger partial charge on any atom is -0.507 e. The van der Waals surface area contributed by atoms with Crippen molar-refractivity contribution in [1.82, 2.24) is 24.8 Å². The van der Waals surface area contributed by atoms with Gasteiger partial charge in [0.25, 0.3) is 5.91 Å². The van der Waals surface area contributed by atoms with Crippen molar-refractivity contribution in [1.29, 1.82) is 0 Å². The van der Waals surface area contributed by atoms with Crippen molar-refractivity contribution in [2.45, 2.75) is 0 Å². The van der Waals surface area contributed by atoms with E-state index < -0.39 is 0 Å². The number of phenols is 1. The average Bonchev–Trinajstić information content (AvgIpc) is 3.09. The number of pyridine rings is 1. The van der Waals surface area contributed by atoms with Gasteiger partial charge >= 0.3 is 0 Å². The van der Waals surface area contributed by atoms with Gasteiger partial charge in [0.05, 0.1) is 11.2 Å². The summed E-state index contributed by atoms with van der Waals surface area (Å²) < 4.78 is 1.74. The molecule has 1 amide bonds. The monoisotopic (exact) mass is 415 g/mol. The molecule has 158 valence electrons. The number of rotatable bonds is 6. The fraction of sp³-hybridized carbons (Fsp3) is 0.208. The molecule has 0 bridgehead atoms. The van der Waals surface area contributed by atoms with E-state index in [1.807, 2.05) is 67.5 Å². The molecule has 0 atom stereocenters. The van der Waals surface area contributed by atoms with Crippen molar-refractivity contribution in [3.05, 3.63) is 66.5 Å². The summed E-state index contributed by atoms with van der Waals surface area (Å²) >= 11 is 0. The molecule has 0 fully saturated rings. The van der Waals surface area contributed by atoms with Gasteiger partial charge in [-0.15, -0.1) is 0 Å². The van der Waals surface area contributed by atoms with E-state index in [1.165, 1.54) is 0 Å². The number of phenolic OH excluding ortho intramolecular Hbond substituents is 1. The van der Waals surface area contributed by atoms with Crippen LogP contribution in [0.25, 0.3) is 33.5 Å². The van der Waals surface area contributed by atoms with Crippen LogP contribution in [0.2, 0.25) is 0 Å². The van der Waals surface area contributed by atoms with Gasteiger partial charge < -0.3 is 19.9 Å². The van der Waals surface area contributed by atoms with Gasteiger partial charge in [-0.25, -0.2) is 9.97 Å². The van der Waals surface area contributed by atoms with Gasteiger partial charge in [-0.1, -0.05) is 48.5 Å². The highest BCUT2D eigenvalue weighted by atomic mass is 16.3. The Kier molecular flexibility index (Phi) is 5.68. The second kappa shape index (κ2) is 8.57. The highest BCUT2D eigenvalue weighted by Crippen LogP contribution is 2.37. The zero-order valence-electron chi connectivity index (χ0n) is 17.8. The minimum absolute atomic E-state index is 0.171. The first-order valence-corrected chi connectivity index (χ1v) is 10.1. The van der Waals surface area contributed by atoms with Crippen LogP contribution in [0.4, 0.5) is 0 Å². The fourth-order valence-electron chi connectivity index (χ4n) is 3.51. The third-order valence-corrected chi connectivity index (χ3v) is 5.16. The lowest BCUT2D eigenvalue weighted by molar-refractivity contribution is 0.0938. The van der Waals surface area contributed by atoms with Gasteiger partial charge in [-0.3, -0.25) is 4.79 Å². The van der Waals surface area contributed by atoms with Gasteiger partial charge in [-0.05, 0) is 26.2 Å². The van der Waals surface area contributed by atoms with E-state index in [2.05, 4.69) is 10.3 Å². The number of nitrogens with one attached hydrogen (secondary N) is 1. The lowest BCUT2D eigenvalue weighted by Gasteiger charge is -2.12. The Morgan fingerprint density at radius 1 is 1.03 bits per heavy atom. The molecule has 0 spiro atoms. The molecule has 0 aliphatic heterocycles. The molecule has 0 saturated carbocycles. The summed E-state index contributed by atoms with van der Waals surface area (Å²) in [6.45, 7) is 1.27. The summed E-state index contributed by atoms with van der Waals surface area (Å²) in [5, 5.41) is 13.4. The van der Waals surface area contributed by atoms with Crippen LogP contribution in [-0.2, 0) is 7.05 Å². The molecule has 7 nitrogen and oxygen atoms in total. The van der Waals surface area contributed by atoms with Crippen molar-refractivity contribution in [3.8, 4) is 28.1 Å². The number of hydrogen-bond donors (Lipinski definition) is 2. The molecule has 2 aromatic heterocycles. The Morgan fingerprint density at radius 2 is 1.74 bits per heavy atom. The molecule has 0 radical (unpaired) electrons. The smallest absolute Gasteiger partial charge is 0.287 e. The Morgan fingerprint density at radius 3 is 2.45 bits per heavy atom. The molecular weight excluding hydrogens is 390 g/mol. The largest absolute Gasteiger partial charge is 0.507 e. The number of amides is 1. The molecular formula is C24H25N5O2. The molecule has 0 aliphatic rings. The van der Waals surface area contributed by atoms with Crippen molar-refractivity contribution in [3.63, 3.8) is 0 Å². The maximum atomic E-state index is 12.7. The summed E-state index contributed by atoms with van der Waals surface area (Å²) in [5.41, 5.74) is 4.26. The third-order valence-electron chi connectivity index (χ3n) is 5.16. The van der Waals surface area contributed by atoms with E-state index in [-0.39, 0.29) is 11.7 Å². The Bertz CT molecular complexity index is 1230. The number of aromatic hydroxyl groups is 1. The maximum Gasteiger partial charge on any atom is 0.287 e. The second-order valence-electron chi connectivity index (χ2n) is 7.66. The van der Waals surface area contributed by atoms with E-state index >= 15 is 0 Å². The van der Waals surface area contributed by atoms with Gasteiger partial charge in [0.2, 0.25) is 5.82 Å². The number of aryl methyl sites for hydroxylation is 1. The SMILES string of the molecule is CN(C)CCNC(=O)c1nc2nc(-c3ccccc3)c(-c3ccccc3O)cc2n1C. The number of nitrogens with zero attached hydrogens (tertiary/aromatic N) is 4. The molecule has 2 N–H and O–H groups in total. The molecule has 2 heterocycles. The predicted molar refractivity (Wildman–Crippen MR) is 122 cm³/mol.